The van der Waals surface area contributed by atoms with Gasteiger partial charge in [0.15, 0.2) is 0 Å². The summed E-state index contributed by atoms with van der Waals surface area (Å²) in [7, 11) is -1.04. The molecule has 100 valence electrons. The van der Waals surface area contributed by atoms with Crippen molar-refractivity contribution in [3.05, 3.63) is 35.1 Å². The molecule has 2 rings (SSSR count). The van der Waals surface area contributed by atoms with Gasteiger partial charge in [-0.25, -0.2) is 4.39 Å². The Kier molecular flexibility index (Phi) is 4.86. The SMILES string of the molecule is NCc1cccc(CS(=O)C2CCOCC2)c1F. The Balaban J connectivity index is 2.06. The lowest BCUT2D eigenvalue weighted by molar-refractivity contribution is 0.0992. The van der Waals surface area contributed by atoms with Crippen molar-refractivity contribution in [3.63, 3.8) is 0 Å². The smallest absolute Gasteiger partial charge is 0.131 e. The number of halogens is 1. The molecular weight excluding hydrogens is 253 g/mol. The van der Waals surface area contributed by atoms with Gasteiger partial charge in [0.25, 0.3) is 0 Å². The van der Waals surface area contributed by atoms with Gasteiger partial charge in [-0.1, -0.05) is 18.2 Å². The second-order valence-electron chi connectivity index (χ2n) is 4.43. The summed E-state index contributed by atoms with van der Waals surface area (Å²) in [6.07, 6.45) is 1.59. The average molecular weight is 271 g/mol. The molecule has 0 bridgehead atoms. The first-order valence-electron chi connectivity index (χ1n) is 6.13. The van der Waals surface area contributed by atoms with Crippen molar-refractivity contribution >= 4 is 10.8 Å². The van der Waals surface area contributed by atoms with E-state index in [4.69, 9.17) is 10.5 Å². The predicted molar refractivity (Wildman–Crippen MR) is 70.0 cm³/mol. The summed E-state index contributed by atoms with van der Waals surface area (Å²) >= 11 is 0. The maximum absolute atomic E-state index is 14.0. The quantitative estimate of drug-likeness (QED) is 0.907. The molecule has 5 heteroatoms. The molecule has 1 fully saturated rings. The van der Waals surface area contributed by atoms with Gasteiger partial charge in [0.2, 0.25) is 0 Å². The van der Waals surface area contributed by atoms with Gasteiger partial charge < -0.3 is 10.5 Å². The highest BCUT2D eigenvalue weighted by molar-refractivity contribution is 7.84. The van der Waals surface area contributed by atoms with Crippen molar-refractivity contribution in [1.29, 1.82) is 0 Å². The zero-order chi connectivity index (χ0) is 13.0. The fraction of sp³-hybridized carbons (Fsp3) is 0.538. The van der Waals surface area contributed by atoms with Gasteiger partial charge in [0.1, 0.15) is 5.82 Å². The highest BCUT2D eigenvalue weighted by Gasteiger charge is 2.21. The molecule has 0 saturated carbocycles. The van der Waals surface area contributed by atoms with Crippen LogP contribution < -0.4 is 5.73 Å². The van der Waals surface area contributed by atoms with E-state index < -0.39 is 10.8 Å². The fourth-order valence-corrected chi connectivity index (χ4v) is 3.60. The number of ether oxygens (including phenoxy) is 1. The van der Waals surface area contributed by atoms with E-state index in [1.807, 2.05) is 0 Å². The lowest BCUT2D eigenvalue weighted by Gasteiger charge is -2.21. The van der Waals surface area contributed by atoms with Crippen molar-refractivity contribution < 1.29 is 13.3 Å². The summed E-state index contributed by atoms with van der Waals surface area (Å²) in [5, 5.41) is 0.125. The maximum Gasteiger partial charge on any atom is 0.131 e. The van der Waals surface area contributed by atoms with Gasteiger partial charge in [-0.2, -0.15) is 0 Å². The van der Waals surface area contributed by atoms with E-state index in [9.17, 15) is 8.60 Å². The lowest BCUT2D eigenvalue weighted by atomic mass is 10.1. The molecule has 0 aliphatic carbocycles. The van der Waals surface area contributed by atoms with Gasteiger partial charge >= 0.3 is 0 Å². The van der Waals surface area contributed by atoms with Crippen LogP contribution in [-0.4, -0.2) is 22.7 Å². The Bertz CT molecular complexity index is 433. The number of rotatable bonds is 4. The molecule has 1 heterocycles. The van der Waals surface area contributed by atoms with Crippen LogP contribution in [0.1, 0.15) is 24.0 Å². The summed E-state index contributed by atoms with van der Waals surface area (Å²) in [6.45, 7) is 1.48. The van der Waals surface area contributed by atoms with Crippen molar-refractivity contribution in [2.45, 2.75) is 30.4 Å². The molecule has 1 aromatic carbocycles. The van der Waals surface area contributed by atoms with Gasteiger partial charge in [0, 0.05) is 46.9 Å². The third kappa shape index (κ3) is 3.16. The Morgan fingerprint density at radius 3 is 2.67 bits per heavy atom. The second kappa shape index (κ2) is 6.41. The molecule has 1 aliphatic heterocycles. The van der Waals surface area contributed by atoms with Gasteiger partial charge in [0.05, 0.1) is 5.75 Å². The van der Waals surface area contributed by atoms with Crippen LogP contribution in [0.15, 0.2) is 18.2 Å². The largest absolute Gasteiger partial charge is 0.381 e. The molecule has 1 aromatic rings. The first-order chi connectivity index (χ1) is 8.72. The molecule has 0 aromatic heterocycles. The van der Waals surface area contributed by atoms with Crippen LogP contribution in [0.4, 0.5) is 4.39 Å². The van der Waals surface area contributed by atoms with Crippen LogP contribution >= 0.6 is 0 Å². The van der Waals surface area contributed by atoms with Gasteiger partial charge in [-0.3, -0.25) is 4.21 Å². The zero-order valence-electron chi connectivity index (χ0n) is 10.2. The normalized spacial score (nSPS) is 18.8. The second-order valence-corrected chi connectivity index (χ2v) is 6.15. The summed E-state index contributed by atoms with van der Waals surface area (Å²) in [4.78, 5) is 0. The summed E-state index contributed by atoms with van der Waals surface area (Å²) in [6, 6.07) is 5.11. The van der Waals surface area contributed by atoms with Crippen LogP contribution in [0.2, 0.25) is 0 Å². The molecule has 18 heavy (non-hydrogen) atoms. The number of benzene rings is 1. The van der Waals surface area contributed by atoms with Crippen molar-refractivity contribution in [2.24, 2.45) is 5.73 Å². The Hall–Kier alpha value is -0.780. The highest BCUT2D eigenvalue weighted by Crippen LogP contribution is 2.19. The number of nitrogens with two attached hydrogens (primary N) is 1. The lowest BCUT2D eigenvalue weighted by Crippen LogP contribution is -2.26. The fourth-order valence-electron chi connectivity index (χ4n) is 2.11. The van der Waals surface area contributed by atoms with Gasteiger partial charge in [-0.15, -0.1) is 0 Å². The molecule has 1 atom stereocenters. The summed E-state index contributed by atoms with van der Waals surface area (Å²) < 4.78 is 31.4. The first kappa shape index (κ1) is 13.6. The molecule has 2 N–H and O–H groups in total. The van der Waals surface area contributed by atoms with E-state index >= 15 is 0 Å². The van der Waals surface area contributed by atoms with Crippen LogP contribution in [0.3, 0.4) is 0 Å². The van der Waals surface area contributed by atoms with E-state index in [0.717, 1.165) is 12.8 Å². The van der Waals surface area contributed by atoms with Gasteiger partial charge in [-0.05, 0) is 12.8 Å². The topological polar surface area (TPSA) is 52.3 Å². The van der Waals surface area contributed by atoms with Crippen LogP contribution in [0, 0.1) is 5.82 Å². The summed E-state index contributed by atoms with van der Waals surface area (Å²) in [5.74, 6) is -0.0370. The van der Waals surface area contributed by atoms with E-state index in [1.54, 1.807) is 18.2 Å². The maximum atomic E-state index is 14.0. The van der Waals surface area contributed by atoms with Crippen molar-refractivity contribution in [1.82, 2.24) is 0 Å². The predicted octanol–water partition coefficient (Wildman–Crippen LogP) is 1.71. The minimum absolute atomic E-state index is 0.125. The average Bonchev–Trinajstić information content (AvgIpc) is 2.42. The third-order valence-electron chi connectivity index (χ3n) is 3.22. The van der Waals surface area contributed by atoms with E-state index in [1.165, 1.54) is 0 Å². The van der Waals surface area contributed by atoms with Crippen LogP contribution in [-0.2, 0) is 27.8 Å². The van der Waals surface area contributed by atoms with Crippen molar-refractivity contribution in [2.75, 3.05) is 13.2 Å². The zero-order valence-corrected chi connectivity index (χ0v) is 11.0. The minimum atomic E-state index is -1.04. The molecule has 3 nitrogen and oxygen atoms in total. The summed E-state index contributed by atoms with van der Waals surface area (Å²) in [5.41, 5.74) is 6.45. The minimum Gasteiger partial charge on any atom is -0.381 e. The van der Waals surface area contributed by atoms with E-state index in [2.05, 4.69) is 0 Å². The van der Waals surface area contributed by atoms with E-state index in [-0.39, 0.29) is 23.4 Å². The number of hydrogen-bond donors (Lipinski definition) is 1. The molecule has 1 unspecified atom stereocenters. The Morgan fingerprint density at radius 2 is 2.00 bits per heavy atom. The molecule has 1 saturated heterocycles. The first-order valence-corrected chi connectivity index (χ1v) is 7.52. The third-order valence-corrected chi connectivity index (χ3v) is 5.03. The molecular formula is C13H18FNO2S. The molecule has 0 spiro atoms. The Labute approximate surface area is 109 Å². The molecule has 0 radical (unpaired) electrons. The molecule has 0 amide bonds. The molecule has 1 aliphatic rings. The number of hydrogen-bond acceptors (Lipinski definition) is 3. The van der Waals surface area contributed by atoms with Crippen LogP contribution in [0.5, 0.6) is 0 Å². The Morgan fingerprint density at radius 1 is 1.33 bits per heavy atom. The highest BCUT2D eigenvalue weighted by atomic mass is 32.2. The van der Waals surface area contributed by atoms with E-state index in [0.29, 0.717) is 24.3 Å². The van der Waals surface area contributed by atoms with Crippen LogP contribution in [0.25, 0.3) is 0 Å². The van der Waals surface area contributed by atoms with Crippen molar-refractivity contribution in [3.8, 4) is 0 Å². The monoisotopic (exact) mass is 271 g/mol. The standard InChI is InChI=1S/C13H18FNO2S/c14-13-10(8-15)2-1-3-11(13)9-18(16)12-4-6-17-7-5-12/h1-3,12H,4-9,15H2.